The molecule has 1 aliphatic rings. The number of rotatable bonds is 3. The highest BCUT2D eigenvalue weighted by Crippen LogP contribution is 2.25. The summed E-state index contributed by atoms with van der Waals surface area (Å²) in [5.41, 5.74) is 8.32. The van der Waals surface area contributed by atoms with E-state index in [1.807, 2.05) is 6.92 Å². The standard InChI is InChI=1S/C10H19NO/c1-3-12-8(2)9-6-4-5-7-10(9)11/h8H,3-7,11H2,1-2H3. The van der Waals surface area contributed by atoms with Crippen molar-refractivity contribution in [3.05, 3.63) is 11.3 Å². The van der Waals surface area contributed by atoms with Crippen LogP contribution in [0.1, 0.15) is 39.5 Å². The van der Waals surface area contributed by atoms with Crippen LogP contribution in [0, 0.1) is 0 Å². The summed E-state index contributed by atoms with van der Waals surface area (Å²) >= 11 is 0. The normalized spacial score (nSPS) is 21.2. The Kier molecular flexibility index (Phi) is 3.60. The van der Waals surface area contributed by atoms with Crippen molar-refractivity contribution in [3.8, 4) is 0 Å². The fourth-order valence-electron chi connectivity index (χ4n) is 1.77. The fourth-order valence-corrected chi connectivity index (χ4v) is 1.77. The first-order chi connectivity index (χ1) is 5.75. The SMILES string of the molecule is CCOC(C)C1=C(N)CCCC1. The lowest BCUT2D eigenvalue weighted by molar-refractivity contribution is 0.0967. The molecule has 1 aliphatic carbocycles. The molecule has 70 valence electrons. The minimum atomic E-state index is 0.232. The van der Waals surface area contributed by atoms with E-state index in [1.165, 1.54) is 18.4 Å². The minimum Gasteiger partial charge on any atom is -0.402 e. The Morgan fingerprint density at radius 1 is 1.42 bits per heavy atom. The van der Waals surface area contributed by atoms with E-state index in [9.17, 15) is 0 Å². The summed E-state index contributed by atoms with van der Waals surface area (Å²) in [7, 11) is 0. The summed E-state index contributed by atoms with van der Waals surface area (Å²) in [5.74, 6) is 0. The van der Waals surface area contributed by atoms with Gasteiger partial charge in [0.2, 0.25) is 0 Å². The molecule has 0 aromatic carbocycles. The lowest BCUT2D eigenvalue weighted by Crippen LogP contribution is -2.19. The molecule has 1 atom stereocenters. The molecule has 0 spiro atoms. The number of hydrogen-bond acceptors (Lipinski definition) is 2. The molecule has 0 fully saturated rings. The third kappa shape index (κ3) is 2.24. The van der Waals surface area contributed by atoms with Crippen molar-refractivity contribution in [1.82, 2.24) is 0 Å². The minimum absolute atomic E-state index is 0.232. The molecule has 0 aromatic heterocycles. The zero-order valence-corrected chi connectivity index (χ0v) is 8.10. The van der Waals surface area contributed by atoms with E-state index >= 15 is 0 Å². The van der Waals surface area contributed by atoms with Gasteiger partial charge in [-0.05, 0) is 45.1 Å². The summed E-state index contributed by atoms with van der Waals surface area (Å²) in [6.45, 7) is 4.89. The van der Waals surface area contributed by atoms with E-state index in [4.69, 9.17) is 10.5 Å². The summed E-state index contributed by atoms with van der Waals surface area (Å²) < 4.78 is 5.51. The van der Waals surface area contributed by atoms with E-state index in [-0.39, 0.29) is 6.10 Å². The average molecular weight is 169 g/mol. The van der Waals surface area contributed by atoms with Gasteiger partial charge in [-0.1, -0.05) is 0 Å². The van der Waals surface area contributed by atoms with E-state index in [1.54, 1.807) is 0 Å². The molecule has 0 radical (unpaired) electrons. The van der Waals surface area contributed by atoms with Crippen LogP contribution in [-0.4, -0.2) is 12.7 Å². The molecule has 0 heterocycles. The smallest absolute Gasteiger partial charge is 0.0776 e. The van der Waals surface area contributed by atoms with Crippen LogP contribution in [0.2, 0.25) is 0 Å². The third-order valence-electron chi connectivity index (χ3n) is 2.46. The third-order valence-corrected chi connectivity index (χ3v) is 2.46. The lowest BCUT2D eigenvalue weighted by Gasteiger charge is -2.22. The first kappa shape index (κ1) is 9.59. The zero-order chi connectivity index (χ0) is 8.97. The van der Waals surface area contributed by atoms with Crippen LogP contribution in [0.3, 0.4) is 0 Å². The van der Waals surface area contributed by atoms with Gasteiger partial charge in [-0.25, -0.2) is 0 Å². The van der Waals surface area contributed by atoms with E-state index in [2.05, 4.69) is 6.92 Å². The fraction of sp³-hybridized carbons (Fsp3) is 0.800. The van der Waals surface area contributed by atoms with Gasteiger partial charge in [-0.3, -0.25) is 0 Å². The first-order valence-corrected chi connectivity index (χ1v) is 4.84. The Balaban J connectivity index is 2.57. The maximum Gasteiger partial charge on any atom is 0.0776 e. The van der Waals surface area contributed by atoms with Gasteiger partial charge in [0.1, 0.15) is 0 Å². The first-order valence-electron chi connectivity index (χ1n) is 4.84. The van der Waals surface area contributed by atoms with Gasteiger partial charge in [0, 0.05) is 12.3 Å². The zero-order valence-electron chi connectivity index (χ0n) is 8.10. The van der Waals surface area contributed by atoms with Crippen LogP contribution in [0.4, 0.5) is 0 Å². The average Bonchev–Trinajstić information content (AvgIpc) is 2.05. The molecular weight excluding hydrogens is 150 g/mol. The van der Waals surface area contributed by atoms with Gasteiger partial charge in [0.15, 0.2) is 0 Å². The van der Waals surface area contributed by atoms with Crippen LogP contribution in [0.5, 0.6) is 0 Å². The monoisotopic (exact) mass is 169 g/mol. The lowest BCUT2D eigenvalue weighted by atomic mass is 9.93. The van der Waals surface area contributed by atoms with Gasteiger partial charge in [-0.15, -0.1) is 0 Å². The summed E-state index contributed by atoms with van der Waals surface area (Å²) in [6, 6.07) is 0. The maximum atomic E-state index is 5.91. The van der Waals surface area contributed by atoms with Crippen LogP contribution >= 0.6 is 0 Å². The van der Waals surface area contributed by atoms with E-state index in [0.717, 1.165) is 25.1 Å². The molecule has 2 N–H and O–H groups in total. The number of hydrogen-bond donors (Lipinski definition) is 1. The van der Waals surface area contributed by atoms with Crippen molar-refractivity contribution >= 4 is 0 Å². The Labute approximate surface area is 74.8 Å². The Bertz CT molecular complexity index is 175. The topological polar surface area (TPSA) is 35.2 Å². The second kappa shape index (κ2) is 4.51. The largest absolute Gasteiger partial charge is 0.402 e. The number of allylic oxidation sites excluding steroid dienone is 1. The maximum absolute atomic E-state index is 5.91. The molecule has 2 heteroatoms. The van der Waals surface area contributed by atoms with Crippen molar-refractivity contribution in [2.45, 2.75) is 45.6 Å². The van der Waals surface area contributed by atoms with Crippen LogP contribution in [-0.2, 0) is 4.74 Å². The van der Waals surface area contributed by atoms with Crippen molar-refractivity contribution in [1.29, 1.82) is 0 Å². The van der Waals surface area contributed by atoms with Gasteiger partial charge in [0.25, 0.3) is 0 Å². The molecule has 2 nitrogen and oxygen atoms in total. The molecule has 0 saturated heterocycles. The quantitative estimate of drug-likeness (QED) is 0.703. The molecule has 0 bridgehead atoms. The summed E-state index contributed by atoms with van der Waals surface area (Å²) in [4.78, 5) is 0. The molecular formula is C10H19NO. The summed E-state index contributed by atoms with van der Waals surface area (Å²) in [5, 5.41) is 0. The summed E-state index contributed by atoms with van der Waals surface area (Å²) in [6.07, 6.45) is 4.94. The number of ether oxygens (including phenoxy) is 1. The second-order valence-corrected chi connectivity index (χ2v) is 3.36. The molecule has 1 rings (SSSR count). The Morgan fingerprint density at radius 3 is 2.67 bits per heavy atom. The van der Waals surface area contributed by atoms with Crippen LogP contribution < -0.4 is 5.73 Å². The van der Waals surface area contributed by atoms with E-state index in [0.29, 0.717) is 0 Å². The van der Waals surface area contributed by atoms with Gasteiger partial charge >= 0.3 is 0 Å². The molecule has 12 heavy (non-hydrogen) atoms. The van der Waals surface area contributed by atoms with Crippen molar-refractivity contribution in [2.24, 2.45) is 5.73 Å². The highest BCUT2D eigenvalue weighted by atomic mass is 16.5. The predicted octanol–water partition coefficient (Wildman–Crippen LogP) is 2.20. The Hall–Kier alpha value is -0.500. The van der Waals surface area contributed by atoms with Crippen molar-refractivity contribution in [3.63, 3.8) is 0 Å². The van der Waals surface area contributed by atoms with Crippen molar-refractivity contribution < 1.29 is 4.74 Å². The highest BCUT2D eigenvalue weighted by Gasteiger charge is 2.15. The Morgan fingerprint density at radius 2 is 2.08 bits per heavy atom. The molecule has 1 unspecified atom stereocenters. The number of nitrogens with two attached hydrogens (primary N) is 1. The molecule has 0 saturated carbocycles. The predicted molar refractivity (Wildman–Crippen MR) is 50.8 cm³/mol. The van der Waals surface area contributed by atoms with E-state index < -0.39 is 0 Å². The van der Waals surface area contributed by atoms with Gasteiger partial charge in [-0.2, -0.15) is 0 Å². The molecule has 0 aromatic rings. The molecule has 0 amide bonds. The molecule has 0 aliphatic heterocycles. The highest BCUT2D eigenvalue weighted by molar-refractivity contribution is 5.17. The van der Waals surface area contributed by atoms with Gasteiger partial charge < -0.3 is 10.5 Å². The van der Waals surface area contributed by atoms with Gasteiger partial charge in [0.05, 0.1) is 6.10 Å². The van der Waals surface area contributed by atoms with Crippen molar-refractivity contribution in [2.75, 3.05) is 6.61 Å². The second-order valence-electron chi connectivity index (χ2n) is 3.36. The van der Waals surface area contributed by atoms with Crippen LogP contribution in [0.15, 0.2) is 11.3 Å². The van der Waals surface area contributed by atoms with Crippen LogP contribution in [0.25, 0.3) is 0 Å².